The van der Waals surface area contributed by atoms with Crippen molar-refractivity contribution in [2.45, 2.75) is 20.0 Å². The van der Waals surface area contributed by atoms with Crippen LogP contribution in [0.15, 0.2) is 24.3 Å². The lowest BCUT2D eigenvalue weighted by atomic mass is 10.1. The van der Waals surface area contributed by atoms with Crippen LogP contribution in [0.4, 0.5) is 0 Å². The van der Waals surface area contributed by atoms with E-state index >= 15 is 0 Å². The fourth-order valence-corrected chi connectivity index (χ4v) is 1.82. The summed E-state index contributed by atoms with van der Waals surface area (Å²) < 4.78 is 0. The molecule has 3 heteroatoms. The van der Waals surface area contributed by atoms with Gasteiger partial charge in [-0.05, 0) is 37.1 Å². The van der Waals surface area contributed by atoms with Crippen molar-refractivity contribution >= 4 is 28.8 Å². The number of halogens is 2. The molecule has 0 radical (unpaired) electrons. The van der Waals surface area contributed by atoms with Crippen LogP contribution in [0, 0.1) is 0 Å². The van der Waals surface area contributed by atoms with Crippen molar-refractivity contribution in [3.8, 4) is 0 Å². The first-order valence-corrected chi connectivity index (χ1v) is 5.08. The van der Waals surface area contributed by atoms with E-state index in [1.807, 2.05) is 13.0 Å². The summed E-state index contributed by atoms with van der Waals surface area (Å²) in [4.78, 5) is 0. The lowest BCUT2D eigenvalue weighted by molar-refractivity contribution is 0.244. The van der Waals surface area contributed by atoms with Crippen molar-refractivity contribution in [1.82, 2.24) is 0 Å². The Labute approximate surface area is 94.0 Å². The highest BCUT2D eigenvalue weighted by molar-refractivity contribution is 6.35. The van der Waals surface area contributed by atoms with Crippen molar-refractivity contribution in [2.24, 2.45) is 0 Å². The summed E-state index contributed by atoms with van der Waals surface area (Å²) in [6.07, 6.45) is 1.27. The molecule has 0 aromatic heterocycles. The Bertz CT molecular complexity index is 356. The Morgan fingerprint density at radius 3 is 2.57 bits per heavy atom. The first-order chi connectivity index (χ1) is 6.50. The highest BCUT2D eigenvalue weighted by Crippen LogP contribution is 2.26. The van der Waals surface area contributed by atoms with Crippen molar-refractivity contribution in [1.29, 1.82) is 0 Å². The standard InChI is InChI=1S/C11H12Cl2O/c1-7(5-8(2)14)10-4-3-9(12)6-11(10)13/h3-6,8,14H,1-2H3/b7-5-. The van der Waals surface area contributed by atoms with Crippen LogP contribution in [0.2, 0.25) is 10.0 Å². The highest BCUT2D eigenvalue weighted by Gasteiger charge is 2.03. The van der Waals surface area contributed by atoms with E-state index in [0.717, 1.165) is 11.1 Å². The molecule has 0 aliphatic carbocycles. The third-order valence-electron chi connectivity index (χ3n) is 1.85. The number of allylic oxidation sites excluding steroid dienone is 1. The van der Waals surface area contributed by atoms with Gasteiger partial charge in [-0.1, -0.05) is 35.3 Å². The molecular formula is C11H12Cl2O. The van der Waals surface area contributed by atoms with Gasteiger partial charge in [0.2, 0.25) is 0 Å². The van der Waals surface area contributed by atoms with Gasteiger partial charge in [-0.2, -0.15) is 0 Å². The minimum atomic E-state index is -0.471. The second-order valence-corrected chi connectivity index (χ2v) is 4.06. The Balaban J connectivity index is 3.07. The number of aliphatic hydroxyl groups is 1. The quantitative estimate of drug-likeness (QED) is 0.821. The fraction of sp³-hybridized carbons (Fsp3) is 0.273. The molecule has 0 aliphatic heterocycles. The molecule has 76 valence electrons. The van der Waals surface area contributed by atoms with Gasteiger partial charge >= 0.3 is 0 Å². The molecule has 1 rings (SSSR count). The van der Waals surface area contributed by atoms with Crippen LogP contribution in [-0.4, -0.2) is 11.2 Å². The average molecular weight is 231 g/mol. The minimum absolute atomic E-state index is 0.471. The zero-order valence-electron chi connectivity index (χ0n) is 8.09. The molecule has 0 spiro atoms. The van der Waals surface area contributed by atoms with Gasteiger partial charge in [0.05, 0.1) is 6.10 Å². The van der Waals surface area contributed by atoms with Crippen LogP contribution < -0.4 is 0 Å². The van der Waals surface area contributed by atoms with Gasteiger partial charge in [-0.15, -0.1) is 0 Å². The molecule has 1 nitrogen and oxygen atoms in total. The van der Waals surface area contributed by atoms with Gasteiger partial charge in [0.25, 0.3) is 0 Å². The van der Waals surface area contributed by atoms with E-state index in [0.29, 0.717) is 10.0 Å². The summed E-state index contributed by atoms with van der Waals surface area (Å²) >= 11 is 11.8. The van der Waals surface area contributed by atoms with Gasteiger partial charge in [0.15, 0.2) is 0 Å². The zero-order chi connectivity index (χ0) is 10.7. The maximum absolute atomic E-state index is 9.18. The van der Waals surface area contributed by atoms with Gasteiger partial charge in [0, 0.05) is 10.0 Å². The third kappa shape index (κ3) is 3.02. The minimum Gasteiger partial charge on any atom is -0.389 e. The Morgan fingerprint density at radius 2 is 2.07 bits per heavy atom. The first-order valence-electron chi connectivity index (χ1n) is 4.32. The summed E-state index contributed by atoms with van der Waals surface area (Å²) in [5.41, 5.74) is 1.85. The molecule has 1 unspecified atom stereocenters. The predicted molar refractivity (Wildman–Crippen MR) is 61.8 cm³/mol. The summed E-state index contributed by atoms with van der Waals surface area (Å²) in [5.74, 6) is 0. The molecular weight excluding hydrogens is 219 g/mol. The Hall–Kier alpha value is -0.500. The molecule has 0 bridgehead atoms. The van der Waals surface area contributed by atoms with E-state index in [4.69, 9.17) is 23.2 Å². The molecule has 0 aliphatic rings. The van der Waals surface area contributed by atoms with Crippen LogP contribution in [0.3, 0.4) is 0 Å². The smallest absolute Gasteiger partial charge is 0.0698 e. The lowest BCUT2D eigenvalue weighted by Gasteiger charge is -2.06. The van der Waals surface area contributed by atoms with E-state index in [-0.39, 0.29) is 0 Å². The van der Waals surface area contributed by atoms with Gasteiger partial charge < -0.3 is 5.11 Å². The van der Waals surface area contributed by atoms with Gasteiger partial charge in [0.1, 0.15) is 0 Å². The molecule has 0 amide bonds. The normalized spacial score (nSPS) is 14.2. The second-order valence-electron chi connectivity index (χ2n) is 3.21. The van der Waals surface area contributed by atoms with Gasteiger partial charge in [-0.3, -0.25) is 0 Å². The summed E-state index contributed by atoms with van der Waals surface area (Å²) in [5, 5.41) is 10.4. The molecule has 0 fully saturated rings. The SMILES string of the molecule is C/C(=C/C(C)O)c1ccc(Cl)cc1Cl. The van der Waals surface area contributed by atoms with E-state index in [1.54, 1.807) is 25.1 Å². The van der Waals surface area contributed by atoms with Crippen LogP contribution in [-0.2, 0) is 0 Å². The van der Waals surface area contributed by atoms with Crippen molar-refractivity contribution < 1.29 is 5.11 Å². The van der Waals surface area contributed by atoms with Gasteiger partial charge in [-0.25, -0.2) is 0 Å². The summed E-state index contributed by atoms with van der Waals surface area (Å²) in [6, 6.07) is 5.32. The molecule has 1 atom stereocenters. The largest absolute Gasteiger partial charge is 0.389 e. The maximum atomic E-state index is 9.18. The maximum Gasteiger partial charge on any atom is 0.0698 e. The number of hydrogen-bond acceptors (Lipinski definition) is 1. The summed E-state index contributed by atoms with van der Waals surface area (Å²) in [7, 11) is 0. The number of rotatable bonds is 2. The molecule has 1 N–H and O–H groups in total. The molecule has 0 saturated carbocycles. The Kier molecular flexibility index (Phi) is 3.99. The molecule has 1 aromatic rings. The fourth-order valence-electron chi connectivity index (χ4n) is 1.26. The number of aliphatic hydroxyl groups excluding tert-OH is 1. The lowest BCUT2D eigenvalue weighted by Crippen LogP contribution is -1.94. The van der Waals surface area contributed by atoms with Crippen LogP contribution in [0.25, 0.3) is 5.57 Å². The second kappa shape index (κ2) is 4.83. The van der Waals surface area contributed by atoms with Crippen LogP contribution in [0.5, 0.6) is 0 Å². The van der Waals surface area contributed by atoms with E-state index < -0.39 is 6.10 Å². The van der Waals surface area contributed by atoms with E-state index in [1.165, 1.54) is 0 Å². The topological polar surface area (TPSA) is 20.2 Å². The number of benzene rings is 1. The molecule has 0 heterocycles. The van der Waals surface area contributed by atoms with Crippen molar-refractivity contribution in [2.75, 3.05) is 0 Å². The van der Waals surface area contributed by atoms with Crippen LogP contribution in [0.1, 0.15) is 19.4 Å². The van der Waals surface area contributed by atoms with Crippen molar-refractivity contribution in [3.63, 3.8) is 0 Å². The number of hydrogen-bond donors (Lipinski definition) is 1. The monoisotopic (exact) mass is 230 g/mol. The van der Waals surface area contributed by atoms with E-state index in [9.17, 15) is 5.11 Å². The molecule has 0 saturated heterocycles. The summed E-state index contributed by atoms with van der Waals surface area (Å²) in [6.45, 7) is 3.61. The zero-order valence-corrected chi connectivity index (χ0v) is 9.60. The molecule has 14 heavy (non-hydrogen) atoms. The average Bonchev–Trinajstić information content (AvgIpc) is 2.01. The molecule has 1 aromatic carbocycles. The Morgan fingerprint density at radius 1 is 1.43 bits per heavy atom. The highest BCUT2D eigenvalue weighted by atomic mass is 35.5. The van der Waals surface area contributed by atoms with Crippen LogP contribution >= 0.6 is 23.2 Å². The first kappa shape index (κ1) is 11.6. The predicted octanol–water partition coefficient (Wildman–Crippen LogP) is 3.78. The third-order valence-corrected chi connectivity index (χ3v) is 2.39. The van der Waals surface area contributed by atoms with E-state index in [2.05, 4.69) is 0 Å². The van der Waals surface area contributed by atoms with Crippen molar-refractivity contribution in [3.05, 3.63) is 39.9 Å².